The molecule has 3 rings (SSSR count). The molecule has 132 valence electrons. The molecule has 25 heavy (non-hydrogen) atoms. The summed E-state index contributed by atoms with van der Waals surface area (Å²) in [5, 5.41) is 21.4. The first-order chi connectivity index (χ1) is 12.1. The van der Waals surface area contributed by atoms with E-state index in [9.17, 15) is 19.4 Å². The molecule has 0 saturated carbocycles. The number of carbonyl (C=O) groups is 1. The normalized spacial score (nSPS) is 12.8. The molecule has 0 bridgehead atoms. The minimum Gasteiger partial charge on any atom is -0.483 e. The van der Waals surface area contributed by atoms with Gasteiger partial charge in [-0.25, -0.2) is 4.39 Å². The van der Waals surface area contributed by atoms with Gasteiger partial charge in [-0.1, -0.05) is 6.07 Å². The second-order valence-corrected chi connectivity index (χ2v) is 6.04. The van der Waals surface area contributed by atoms with Crippen LogP contribution >= 0.6 is 0 Å². The molecule has 0 spiro atoms. The fraction of sp³-hybridized carbons (Fsp3) is 0.316. The van der Waals surface area contributed by atoms with Crippen LogP contribution in [0, 0.1) is 5.82 Å². The summed E-state index contributed by atoms with van der Waals surface area (Å²) < 4.78 is 18.9. The average molecular weight is 345 g/mol. The Morgan fingerprint density at radius 2 is 1.76 bits per heavy atom. The third-order valence-corrected chi connectivity index (χ3v) is 4.28. The van der Waals surface area contributed by atoms with E-state index in [1.165, 1.54) is 11.1 Å². The van der Waals surface area contributed by atoms with Gasteiger partial charge in [-0.05, 0) is 54.7 Å². The van der Waals surface area contributed by atoms with Crippen molar-refractivity contribution in [2.24, 2.45) is 0 Å². The highest BCUT2D eigenvalue weighted by atomic mass is 19.1. The van der Waals surface area contributed by atoms with Crippen molar-refractivity contribution in [3.8, 4) is 5.75 Å². The molecule has 0 radical (unpaired) electrons. The molecule has 2 aromatic carbocycles. The number of halogens is 1. The Balaban J connectivity index is 1.66. The Hall–Kier alpha value is -2.44. The van der Waals surface area contributed by atoms with Gasteiger partial charge in [0.25, 0.3) is 5.91 Å². The summed E-state index contributed by atoms with van der Waals surface area (Å²) in [5.41, 5.74) is 3.66. The maximum Gasteiger partial charge on any atom is 0.262 e. The molecule has 3 N–H and O–H groups in total. The molecule has 2 aromatic rings. The Morgan fingerprint density at radius 1 is 1.08 bits per heavy atom. The number of ether oxygens (including phenoxy) is 1. The van der Waals surface area contributed by atoms with Crippen molar-refractivity contribution < 1.29 is 24.1 Å². The van der Waals surface area contributed by atoms with Crippen molar-refractivity contribution >= 4 is 11.6 Å². The van der Waals surface area contributed by atoms with E-state index in [0.29, 0.717) is 5.69 Å². The predicted octanol–water partition coefficient (Wildman–Crippen LogP) is 2.32. The SMILES string of the molecule is O=C(COc1c(CO)cc(F)cc1CO)Nc1ccc2c(c1)CCC2. The molecule has 0 aliphatic heterocycles. The second-order valence-electron chi connectivity index (χ2n) is 6.04. The standard InChI is InChI=1S/C19H20FNO4/c20-16-6-14(9-22)19(15(7-16)10-23)25-11-18(24)21-17-5-4-12-2-1-3-13(12)8-17/h4-8,22-23H,1-3,9-11H2,(H,21,24). The van der Waals surface area contributed by atoms with Crippen LogP contribution in [0.2, 0.25) is 0 Å². The van der Waals surface area contributed by atoms with E-state index < -0.39 is 19.0 Å². The Labute approximate surface area is 145 Å². The molecule has 1 amide bonds. The van der Waals surface area contributed by atoms with Crippen LogP contribution in [0.4, 0.5) is 10.1 Å². The lowest BCUT2D eigenvalue weighted by molar-refractivity contribution is -0.118. The number of hydrogen-bond donors (Lipinski definition) is 3. The van der Waals surface area contributed by atoms with E-state index in [4.69, 9.17) is 4.74 Å². The number of rotatable bonds is 6. The molecule has 0 saturated heterocycles. The number of hydrogen-bond acceptors (Lipinski definition) is 4. The molecular formula is C19H20FNO4. The fourth-order valence-corrected chi connectivity index (χ4v) is 3.12. The van der Waals surface area contributed by atoms with E-state index in [2.05, 4.69) is 5.32 Å². The van der Waals surface area contributed by atoms with Crippen LogP contribution in [0.15, 0.2) is 30.3 Å². The first-order valence-corrected chi connectivity index (χ1v) is 8.18. The molecule has 1 aliphatic rings. The molecule has 5 nitrogen and oxygen atoms in total. The van der Waals surface area contributed by atoms with Crippen LogP contribution in [0.25, 0.3) is 0 Å². The van der Waals surface area contributed by atoms with Crippen molar-refractivity contribution in [3.63, 3.8) is 0 Å². The lowest BCUT2D eigenvalue weighted by Gasteiger charge is -2.14. The largest absolute Gasteiger partial charge is 0.483 e. The highest BCUT2D eigenvalue weighted by molar-refractivity contribution is 5.92. The number of anilines is 1. The van der Waals surface area contributed by atoms with Crippen LogP contribution in [0.3, 0.4) is 0 Å². The zero-order valence-corrected chi connectivity index (χ0v) is 13.7. The smallest absolute Gasteiger partial charge is 0.262 e. The van der Waals surface area contributed by atoms with Gasteiger partial charge in [-0.2, -0.15) is 0 Å². The van der Waals surface area contributed by atoms with Gasteiger partial charge in [-0.3, -0.25) is 4.79 Å². The summed E-state index contributed by atoms with van der Waals surface area (Å²) in [5.74, 6) is -0.811. The first-order valence-electron chi connectivity index (χ1n) is 8.18. The lowest BCUT2D eigenvalue weighted by Crippen LogP contribution is -2.21. The minimum absolute atomic E-state index is 0.135. The molecule has 0 aromatic heterocycles. The number of aliphatic hydroxyl groups excluding tert-OH is 2. The number of carbonyl (C=O) groups excluding carboxylic acids is 1. The average Bonchev–Trinajstić information content (AvgIpc) is 3.07. The van der Waals surface area contributed by atoms with Crippen LogP contribution in [0.5, 0.6) is 5.75 Å². The predicted molar refractivity (Wildman–Crippen MR) is 90.8 cm³/mol. The van der Waals surface area contributed by atoms with Gasteiger partial charge < -0.3 is 20.3 Å². The lowest BCUT2D eigenvalue weighted by atomic mass is 10.1. The fourth-order valence-electron chi connectivity index (χ4n) is 3.12. The van der Waals surface area contributed by atoms with Crippen molar-refractivity contribution in [3.05, 3.63) is 58.4 Å². The van der Waals surface area contributed by atoms with Crippen LogP contribution in [-0.4, -0.2) is 22.7 Å². The van der Waals surface area contributed by atoms with Gasteiger partial charge in [0.15, 0.2) is 6.61 Å². The van der Waals surface area contributed by atoms with Gasteiger partial charge in [0.2, 0.25) is 0 Å². The van der Waals surface area contributed by atoms with Gasteiger partial charge in [0.1, 0.15) is 11.6 Å². The summed E-state index contributed by atoms with van der Waals surface area (Å²) >= 11 is 0. The number of amides is 1. The maximum absolute atomic E-state index is 13.4. The van der Waals surface area contributed by atoms with Crippen molar-refractivity contribution in [2.45, 2.75) is 32.5 Å². The zero-order valence-electron chi connectivity index (χ0n) is 13.7. The molecule has 0 unspecified atom stereocenters. The summed E-state index contributed by atoms with van der Waals surface area (Å²) in [6, 6.07) is 8.08. The van der Waals surface area contributed by atoms with Crippen LogP contribution in [0.1, 0.15) is 28.7 Å². The number of nitrogens with one attached hydrogen (secondary N) is 1. The zero-order chi connectivity index (χ0) is 17.8. The topological polar surface area (TPSA) is 78.8 Å². The van der Waals surface area contributed by atoms with E-state index in [1.807, 2.05) is 18.2 Å². The molecule has 1 aliphatic carbocycles. The number of aryl methyl sites for hydroxylation is 2. The summed E-state index contributed by atoms with van der Waals surface area (Å²) in [6.07, 6.45) is 3.23. The highest BCUT2D eigenvalue weighted by Crippen LogP contribution is 2.27. The summed E-state index contributed by atoms with van der Waals surface area (Å²) in [6.45, 7) is -1.21. The monoisotopic (exact) mass is 345 g/mol. The number of aliphatic hydroxyl groups is 2. The van der Waals surface area contributed by atoms with Crippen LogP contribution < -0.4 is 10.1 Å². The van der Waals surface area contributed by atoms with Gasteiger partial charge in [0.05, 0.1) is 13.2 Å². The third-order valence-electron chi connectivity index (χ3n) is 4.28. The highest BCUT2D eigenvalue weighted by Gasteiger charge is 2.15. The van der Waals surface area contributed by atoms with Gasteiger partial charge in [-0.15, -0.1) is 0 Å². The molecule has 0 atom stereocenters. The van der Waals surface area contributed by atoms with E-state index >= 15 is 0 Å². The minimum atomic E-state index is -0.581. The Morgan fingerprint density at radius 3 is 2.44 bits per heavy atom. The van der Waals surface area contributed by atoms with E-state index in [-0.39, 0.29) is 29.4 Å². The van der Waals surface area contributed by atoms with Crippen molar-refractivity contribution in [1.82, 2.24) is 0 Å². The third kappa shape index (κ3) is 3.97. The number of fused-ring (bicyclic) bond motifs is 1. The van der Waals surface area contributed by atoms with Gasteiger partial charge >= 0.3 is 0 Å². The Bertz CT molecular complexity index is 766. The van der Waals surface area contributed by atoms with E-state index in [0.717, 1.165) is 31.4 Å². The van der Waals surface area contributed by atoms with Crippen molar-refractivity contribution in [1.29, 1.82) is 0 Å². The molecule has 6 heteroatoms. The molecular weight excluding hydrogens is 325 g/mol. The van der Waals surface area contributed by atoms with Gasteiger partial charge in [0, 0.05) is 16.8 Å². The summed E-state index contributed by atoms with van der Waals surface area (Å²) in [4.78, 5) is 12.1. The Kier molecular flexibility index (Phi) is 5.31. The summed E-state index contributed by atoms with van der Waals surface area (Å²) in [7, 11) is 0. The van der Waals surface area contributed by atoms with E-state index in [1.54, 1.807) is 0 Å². The molecule has 0 heterocycles. The van der Waals surface area contributed by atoms with Crippen LogP contribution in [-0.2, 0) is 30.8 Å². The maximum atomic E-state index is 13.4. The second kappa shape index (κ2) is 7.63. The number of benzene rings is 2. The first kappa shape index (κ1) is 17.4. The quantitative estimate of drug-likeness (QED) is 0.751. The van der Waals surface area contributed by atoms with Crippen molar-refractivity contribution in [2.75, 3.05) is 11.9 Å². The molecule has 0 fully saturated rings.